The van der Waals surface area contributed by atoms with Crippen LogP contribution in [0, 0.1) is 6.92 Å². The van der Waals surface area contributed by atoms with E-state index in [9.17, 15) is 18.0 Å². The highest BCUT2D eigenvalue weighted by Gasteiger charge is 2.34. The number of hydrogen-bond donors (Lipinski definition) is 0. The van der Waals surface area contributed by atoms with Crippen LogP contribution in [-0.4, -0.2) is 63.3 Å². The number of rotatable bonds is 2. The zero-order valence-corrected chi connectivity index (χ0v) is 15.2. The Morgan fingerprint density at radius 2 is 1.86 bits per heavy atom. The summed E-state index contributed by atoms with van der Waals surface area (Å²) < 4.78 is 46.1. The standard InChI is InChI=1S/C17H19F3N6O2/c1-11-21-13(17(18,19)20)10-14(22-11)24-4-6-25(7-5-24)16(27)12-9-15-26(23-12)3-2-8-28-15/h9-10H,2-8H2,1H3. The van der Waals surface area contributed by atoms with Gasteiger partial charge < -0.3 is 14.5 Å². The third kappa shape index (κ3) is 3.60. The number of fused-ring (bicyclic) bond motifs is 1. The summed E-state index contributed by atoms with van der Waals surface area (Å²) in [6, 6.07) is 2.59. The molecule has 0 spiro atoms. The Labute approximate surface area is 158 Å². The summed E-state index contributed by atoms with van der Waals surface area (Å²) in [5.41, 5.74) is -0.639. The van der Waals surface area contributed by atoms with Crippen molar-refractivity contribution in [3.63, 3.8) is 0 Å². The van der Waals surface area contributed by atoms with Crippen LogP contribution in [0.15, 0.2) is 12.1 Å². The molecule has 28 heavy (non-hydrogen) atoms. The van der Waals surface area contributed by atoms with Crippen molar-refractivity contribution in [2.75, 3.05) is 37.7 Å². The van der Waals surface area contributed by atoms with Gasteiger partial charge in [0.2, 0.25) is 5.88 Å². The van der Waals surface area contributed by atoms with Crippen LogP contribution in [0.1, 0.15) is 28.4 Å². The average molecular weight is 396 g/mol. The SMILES string of the molecule is Cc1nc(N2CCN(C(=O)c3cc4n(n3)CCCO4)CC2)cc(C(F)(F)F)n1. The lowest BCUT2D eigenvalue weighted by molar-refractivity contribution is -0.141. The molecule has 2 aromatic heterocycles. The lowest BCUT2D eigenvalue weighted by Gasteiger charge is -2.35. The van der Waals surface area contributed by atoms with Gasteiger partial charge in [0.25, 0.3) is 5.91 Å². The molecule has 2 aliphatic rings. The number of carbonyl (C=O) groups is 1. The molecule has 0 radical (unpaired) electrons. The summed E-state index contributed by atoms with van der Waals surface area (Å²) in [7, 11) is 0. The highest BCUT2D eigenvalue weighted by atomic mass is 19.4. The number of alkyl halides is 3. The van der Waals surface area contributed by atoms with Gasteiger partial charge in [0.15, 0.2) is 5.69 Å². The highest BCUT2D eigenvalue weighted by Crippen LogP contribution is 2.30. The fourth-order valence-electron chi connectivity index (χ4n) is 3.33. The Morgan fingerprint density at radius 3 is 2.54 bits per heavy atom. The van der Waals surface area contributed by atoms with Crippen molar-refractivity contribution >= 4 is 11.7 Å². The third-order valence-corrected chi connectivity index (χ3v) is 4.73. The van der Waals surface area contributed by atoms with Crippen molar-refractivity contribution in [3.8, 4) is 5.88 Å². The second-order valence-electron chi connectivity index (χ2n) is 6.73. The molecule has 4 rings (SSSR count). The van der Waals surface area contributed by atoms with E-state index in [0.717, 1.165) is 12.5 Å². The first-order valence-electron chi connectivity index (χ1n) is 8.99. The molecule has 4 heterocycles. The Hall–Kier alpha value is -2.85. The lowest BCUT2D eigenvalue weighted by atomic mass is 10.2. The van der Waals surface area contributed by atoms with E-state index in [1.165, 1.54) is 6.92 Å². The molecule has 1 fully saturated rings. The van der Waals surface area contributed by atoms with Gasteiger partial charge in [-0.25, -0.2) is 14.6 Å². The maximum absolute atomic E-state index is 13.0. The molecule has 0 saturated carbocycles. The molecule has 11 heteroatoms. The fourth-order valence-corrected chi connectivity index (χ4v) is 3.33. The summed E-state index contributed by atoms with van der Waals surface area (Å²) in [6.45, 7) is 4.24. The van der Waals surface area contributed by atoms with Crippen LogP contribution in [0.5, 0.6) is 5.88 Å². The Kier molecular flexibility index (Phi) is 4.60. The summed E-state index contributed by atoms with van der Waals surface area (Å²) in [6.07, 6.45) is -3.68. The van der Waals surface area contributed by atoms with E-state index in [0.29, 0.717) is 50.9 Å². The summed E-state index contributed by atoms with van der Waals surface area (Å²) >= 11 is 0. The van der Waals surface area contributed by atoms with Crippen LogP contribution in [-0.2, 0) is 12.7 Å². The van der Waals surface area contributed by atoms with Crippen molar-refractivity contribution in [2.45, 2.75) is 26.1 Å². The fraction of sp³-hybridized carbons (Fsp3) is 0.529. The minimum absolute atomic E-state index is 0.0620. The van der Waals surface area contributed by atoms with Gasteiger partial charge >= 0.3 is 6.18 Å². The number of aryl methyl sites for hydroxylation is 2. The number of ether oxygens (including phenoxy) is 1. The zero-order chi connectivity index (χ0) is 19.9. The number of hydrogen-bond acceptors (Lipinski definition) is 6. The molecular weight excluding hydrogens is 377 g/mol. The van der Waals surface area contributed by atoms with Crippen LogP contribution in [0.25, 0.3) is 0 Å². The molecule has 1 amide bonds. The number of nitrogens with zero attached hydrogens (tertiary/aromatic N) is 6. The minimum atomic E-state index is -4.53. The number of anilines is 1. The molecule has 0 bridgehead atoms. The maximum Gasteiger partial charge on any atom is 0.433 e. The van der Waals surface area contributed by atoms with Crippen molar-refractivity contribution in [2.24, 2.45) is 0 Å². The van der Waals surface area contributed by atoms with Crippen LogP contribution in [0.3, 0.4) is 0 Å². The van der Waals surface area contributed by atoms with Crippen LogP contribution < -0.4 is 9.64 Å². The molecule has 0 atom stereocenters. The Morgan fingerprint density at radius 1 is 1.11 bits per heavy atom. The molecule has 0 unspecified atom stereocenters. The molecule has 2 aromatic rings. The van der Waals surface area contributed by atoms with Gasteiger partial charge in [0, 0.05) is 51.3 Å². The van der Waals surface area contributed by atoms with Gasteiger partial charge in [0.1, 0.15) is 17.3 Å². The van der Waals surface area contributed by atoms with Crippen molar-refractivity contribution in [1.82, 2.24) is 24.6 Å². The summed E-state index contributed by atoms with van der Waals surface area (Å²) in [5.74, 6) is 0.661. The normalized spacial score (nSPS) is 17.3. The van der Waals surface area contributed by atoms with Gasteiger partial charge in [-0.1, -0.05) is 0 Å². The van der Waals surface area contributed by atoms with E-state index in [4.69, 9.17) is 4.74 Å². The highest BCUT2D eigenvalue weighted by molar-refractivity contribution is 5.92. The minimum Gasteiger partial charge on any atom is -0.478 e. The van der Waals surface area contributed by atoms with Crippen LogP contribution in [0.4, 0.5) is 19.0 Å². The van der Waals surface area contributed by atoms with Crippen LogP contribution >= 0.6 is 0 Å². The molecule has 0 aliphatic carbocycles. The molecule has 1 saturated heterocycles. The van der Waals surface area contributed by atoms with E-state index in [1.54, 1.807) is 20.5 Å². The predicted molar refractivity (Wildman–Crippen MR) is 92.2 cm³/mol. The van der Waals surface area contributed by atoms with E-state index in [2.05, 4.69) is 15.1 Å². The van der Waals surface area contributed by atoms with Crippen molar-refractivity contribution in [3.05, 3.63) is 29.3 Å². The first-order valence-corrected chi connectivity index (χ1v) is 8.99. The van der Waals surface area contributed by atoms with Crippen molar-refractivity contribution in [1.29, 1.82) is 0 Å². The van der Waals surface area contributed by atoms with E-state index < -0.39 is 11.9 Å². The van der Waals surface area contributed by atoms with Gasteiger partial charge in [0.05, 0.1) is 6.61 Å². The predicted octanol–water partition coefficient (Wildman–Crippen LogP) is 1.75. The largest absolute Gasteiger partial charge is 0.478 e. The Balaban J connectivity index is 1.44. The molecule has 8 nitrogen and oxygen atoms in total. The second-order valence-corrected chi connectivity index (χ2v) is 6.73. The second kappa shape index (κ2) is 6.95. The first kappa shape index (κ1) is 18.5. The number of amides is 1. The Bertz CT molecular complexity index is 866. The van der Waals surface area contributed by atoms with E-state index in [1.807, 2.05) is 0 Å². The van der Waals surface area contributed by atoms with Gasteiger partial charge in [-0.05, 0) is 6.92 Å². The van der Waals surface area contributed by atoms with Gasteiger partial charge in [-0.15, -0.1) is 0 Å². The van der Waals surface area contributed by atoms with Gasteiger partial charge in [-0.2, -0.15) is 18.3 Å². The topological polar surface area (TPSA) is 76.4 Å². The van der Waals surface area contributed by atoms with Crippen LogP contribution in [0.2, 0.25) is 0 Å². The zero-order valence-electron chi connectivity index (χ0n) is 15.2. The molecular formula is C17H19F3N6O2. The lowest BCUT2D eigenvalue weighted by Crippen LogP contribution is -2.49. The molecule has 0 N–H and O–H groups in total. The van der Waals surface area contributed by atoms with E-state index >= 15 is 0 Å². The van der Waals surface area contributed by atoms with E-state index in [-0.39, 0.29) is 17.5 Å². The quantitative estimate of drug-likeness (QED) is 0.770. The summed E-state index contributed by atoms with van der Waals surface area (Å²) in [4.78, 5) is 23.7. The first-order chi connectivity index (χ1) is 13.3. The summed E-state index contributed by atoms with van der Waals surface area (Å²) in [5, 5.41) is 4.29. The smallest absolute Gasteiger partial charge is 0.433 e. The third-order valence-electron chi connectivity index (χ3n) is 4.73. The number of piperazine rings is 1. The molecule has 0 aromatic carbocycles. The number of halogens is 3. The monoisotopic (exact) mass is 396 g/mol. The maximum atomic E-state index is 13.0. The number of aromatic nitrogens is 4. The van der Waals surface area contributed by atoms with Gasteiger partial charge in [-0.3, -0.25) is 4.79 Å². The molecule has 2 aliphatic heterocycles. The molecule has 150 valence electrons. The average Bonchev–Trinajstić information content (AvgIpc) is 3.10. The van der Waals surface area contributed by atoms with Crippen molar-refractivity contribution < 1.29 is 22.7 Å². The number of carbonyl (C=O) groups excluding carboxylic acids is 1.